The third kappa shape index (κ3) is 4.93. The third-order valence-corrected chi connectivity index (χ3v) is 5.36. The van der Waals surface area contributed by atoms with E-state index in [-0.39, 0.29) is 22.4 Å². The Kier molecular flexibility index (Phi) is 6.02. The van der Waals surface area contributed by atoms with E-state index in [0.717, 1.165) is 6.07 Å². The van der Waals surface area contributed by atoms with Gasteiger partial charge < -0.3 is 10.0 Å². The first kappa shape index (κ1) is 20.6. The first-order chi connectivity index (χ1) is 12.5. The minimum Gasteiger partial charge on any atom is -0.478 e. The lowest BCUT2D eigenvalue weighted by Crippen LogP contribution is -2.30. The topological polar surface area (TPSA) is 104 Å². The predicted molar refractivity (Wildman–Crippen MR) is 102 cm³/mol. The molecule has 0 aliphatic rings. The molecule has 0 unspecified atom stereocenters. The van der Waals surface area contributed by atoms with Gasteiger partial charge in [-0.15, -0.1) is 0 Å². The number of hydrogen-bond acceptors (Lipinski definition) is 4. The first-order valence-corrected chi connectivity index (χ1v) is 9.72. The summed E-state index contributed by atoms with van der Waals surface area (Å²) in [4.78, 5) is 24.7. The average Bonchev–Trinajstić information content (AvgIpc) is 2.59. The number of sulfonamides is 1. The molecule has 2 aromatic rings. The fourth-order valence-corrected chi connectivity index (χ4v) is 3.81. The van der Waals surface area contributed by atoms with Gasteiger partial charge in [-0.25, -0.2) is 17.9 Å². The van der Waals surface area contributed by atoms with E-state index >= 15 is 0 Å². The molecule has 2 rings (SSSR count). The number of amides is 1. The normalized spacial score (nSPS) is 11.4. The van der Waals surface area contributed by atoms with Crippen LogP contribution in [-0.4, -0.2) is 50.4 Å². The van der Waals surface area contributed by atoms with E-state index in [9.17, 15) is 23.1 Å². The van der Waals surface area contributed by atoms with Gasteiger partial charge in [-0.05, 0) is 55.3 Å². The molecule has 2 aromatic carbocycles. The lowest BCUT2D eigenvalue weighted by molar-refractivity contribution is 0.0696. The molecule has 0 heterocycles. The standard InChI is InChI=1S/C19H22N2O5S/c1-12(2)20-27(25,26)17-10-15(9-16(11-17)19(23)24)13-5-7-14(8-6-13)18(22)21(3)4/h5-12,20H,1-4H3,(H,23,24). The quantitative estimate of drug-likeness (QED) is 0.788. The van der Waals surface area contributed by atoms with E-state index in [2.05, 4.69) is 4.72 Å². The number of carbonyl (C=O) groups is 2. The highest BCUT2D eigenvalue weighted by atomic mass is 32.2. The Morgan fingerprint density at radius 2 is 1.56 bits per heavy atom. The largest absolute Gasteiger partial charge is 0.478 e. The number of carboxylic acid groups (broad SMARTS) is 1. The van der Waals surface area contributed by atoms with Gasteiger partial charge in [-0.1, -0.05) is 12.1 Å². The summed E-state index contributed by atoms with van der Waals surface area (Å²) in [5.74, 6) is -1.39. The second-order valence-electron chi connectivity index (χ2n) is 6.60. The highest BCUT2D eigenvalue weighted by Crippen LogP contribution is 2.25. The molecule has 0 aliphatic carbocycles. The van der Waals surface area contributed by atoms with Crippen molar-refractivity contribution < 1.29 is 23.1 Å². The van der Waals surface area contributed by atoms with Gasteiger partial charge in [-0.2, -0.15) is 0 Å². The number of benzene rings is 2. The van der Waals surface area contributed by atoms with Crippen LogP contribution in [-0.2, 0) is 10.0 Å². The van der Waals surface area contributed by atoms with Crippen molar-refractivity contribution in [2.75, 3.05) is 14.1 Å². The zero-order valence-electron chi connectivity index (χ0n) is 15.6. The van der Waals surface area contributed by atoms with Crippen molar-refractivity contribution in [2.24, 2.45) is 0 Å². The van der Waals surface area contributed by atoms with Crippen molar-refractivity contribution in [1.82, 2.24) is 9.62 Å². The van der Waals surface area contributed by atoms with Gasteiger partial charge in [0, 0.05) is 25.7 Å². The molecule has 0 radical (unpaired) electrons. The Labute approximate surface area is 158 Å². The SMILES string of the molecule is CC(C)NS(=O)(=O)c1cc(C(=O)O)cc(-c2ccc(C(=O)N(C)C)cc2)c1. The predicted octanol–water partition coefficient (Wildman–Crippen LogP) is 2.44. The summed E-state index contributed by atoms with van der Waals surface area (Å²) >= 11 is 0. The van der Waals surface area contributed by atoms with Crippen molar-refractivity contribution in [3.05, 3.63) is 53.6 Å². The Morgan fingerprint density at radius 1 is 0.963 bits per heavy atom. The molecule has 2 N–H and O–H groups in total. The van der Waals surface area contributed by atoms with Gasteiger partial charge in [0.1, 0.15) is 0 Å². The maximum absolute atomic E-state index is 12.5. The van der Waals surface area contributed by atoms with Gasteiger partial charge in [0.05, 0.1) is 10.5 Å². The molecule has 0 aliphatic heterocycles. The van der Waals surface area contributed by atoms with Crippen LogP contribution in [0.15, 0.2) is 47.4 Å². The minimum atomic E-state index is -3.85. The molecule has 1 amide bonds. The second kappa shape index (κ2) is 7.89. The monoisotopic (exact) mass is 390 g/mol. The molecule has 0 saturated heterocycles. The number of rotatable bonds is 6. The smallest absolute Gasteiger partial charge is 0.335 e. The van der Waals surface area contributed by atoms with Gasteiger partial charge in [-0.3, -0.25) is 4.79 Å². The van der Waals surface area contributed by atoms with Crippen LogP contribution in [0.25, 0.3) is 11.1 Å². The maximum atomic E-state index is 12.5. The van der Waals surface area contributed by atoms with Crippen LogP contribution in [0.4, 0.5) is 0 Å². The van der Waals surface area contributed by atoms with E-state index in [4.69, 9.17) is 0 Å². The van der Waals surface area contributed by atoms with Crippen molar-refractivity contribution in [3.63, 3.8) is 0 Å². The number of carbonyl (C=O) groups excluding carboxylic acids is 1. The molecule has 0 aromatic heterocycles. The summed E-state index contributed by atoms with van der Waals surface area (Å²) in [6.07, 6.45) is 0. The zero-order chi connectivity index (χ0) is 20.4. The number of nitrogens with zero attached hydrogens (tertiary/aromatic N) is 1. The molecule has 27 heavy (non-hydrogen) atoms. The van der Waals surface area contributed by atoms with Crippen LogP contribution in [0, 0.1) is 0 Å². The van der Waals surface area contributed by atoms with Crippen molar-refractivity contribution >= 4 is 21.9 Å². The van der Waals surface area contributed by atoms with Crippen molar-refractivity contribution in [2.45, 2.75) is 24.8 Å². The van der Waals surface area contributed by atoms with Gasteiger partial charge in [0.25, 0.3) is 5.91 Å². The molecule has 0 bridgehead atoms. The van der Waals surface area contributed by atoms with Crippen molar-refractivity contribution in [1.29, 1.82) is 0 Å². The minimum absolute atomic E-state index is 0.125. The van der Waals surface area contributed by atoms with Crippen LogP contribution < -0.4 is 4.72 Å². The highest BCUT2D eigenvalue weighted by Gasteiger charge is 2.19. The molecule has 0 atom stereocenters. The summed E-state index contributed by atoms with van der Waals surface area (Å²) in [7, 11) is -0.564. The Morgan fingerprint density at radius 3 is 2.04 bits per heavy atom. The summed E-state index contributed by atoms with van der Waals surface area (Å²) in [6.45, 7) is 3.36. The number of nitrogens with one attached hydrogen (secondary N) is 1. The van der Waals surface area contributed by atoms with Crippen LogP contribution in [0.2, 0.25) is 0 Å². The van der Waals surface area contributed by atoms with Gasteiger partial charge in [0.15, 0.2) is 0 Å². The third-order valence-electron chi connectivity index (χ3n) is 3.73. The first-order valence-electron chi connectivity index (χ1n) is 8.24. The van der Waals surface area contributed by atoms with Gasteiger partial charge >= 0.3 is 5.97 Å². The summed E-state index contributed by atoms with van der Waals surface area (Å²) in [5, 5.41) is 9.34. The number of carboxylic acids is 1. The summed E-state index contributed by atoms with van der Waals surface area (Å²) in [5.41, 5.74) is 1.38. The molecule has 7 nitrogen and oxygen atoms in total. The second-order valence-corrected chi connectivity index (χ2v) is 8.32. The fourth-order valence-electron chi connectivity index (χ4n) is 2.49. The molecule has 0 fully saturated rings. The number of aromatic carboxylic acids is 1. The van der Waals surface area contributed by atoms with Crippen molar-refractivity contribution in [3.8, 4) is 11.1 Å². The highest BCUT2D eigenvalue weighted by molar-refractivity contribution is 7.89. The van der Waals surface area contributed by atoms with Crippen LogP contribution >= 0.6 is 0 Å². The van der Waals surface area contributed by atoms with Gasteiger partial charge in [0.2, 0.25) is 10.0 Å². The summed E-state index contributed by atoms with van der Waals surface area (Å²) in [6, 6.07) is 10.2. The molecular weight excluding hydrogens is 368 g/mol. The Hall–Kier alpha value is -2.71. The zero-order valence-corrected chi connectivity index (χ0v) is 16.4. The van der Waals surface area contributed by atoms with Crippen LogP contribution in [0.3, 0.4) is 0 Å². The molecule has 8 heteroatoms. The molecule has 144 valence electrons. The van der Waals surface area contributed by atoms with E-state index in [1.54, 1.807) is 52.2 Å². The van der Waals surface area contributed by atoms with E-state index in [1.165, 1.54) is 17.0 Å². The van der Waals surface area contributed by atoms with E-state index in [0.29, 0.717) is 16.7 Å². The molecule has 0 spiro atoms. The fraction of sp³-hybridized carbons (Fsp3) is 0.263. The average molecular weight is 390 g/mol. The van der Waals surface area contributed by atoms with E-state index in [1.807, 2.05) is 0 Å². The summed E-state index contributed by atoms with van der Waals surface area (Å²) < 4.78 is 27.4. The maximum Gasteiger partial charge on any atom is 0.335 e. The lowest BCUT2D eigenvalue weighted by atomic mass is 10.0. The molecular formula is C19H22N2O5S. The Balaban J connectivity index is 2.54. The Bertz CT molecular complexity index is 964. The van der Waals surface area contributed by atoms with Crippen LogP contribution in [0.5, 0.6) is 0 Å². The molecule has 0 saturated carbocycles. The van der Waals surface area contributed by atoms with Crippen LogP contribution in [0.1, 0.15) is 34.6 Å². The van der Waals surface area contributed by atoms with E-state index < -0.39 is 16.0 Å². The number of hydrogen-bond donors (Lipinski definition) is 2. The lowest BCUT2D eigenvalue weighted by Gasteiger charge is -2.13.